The molecule has 0 spiro atoms. The molecule has 0 fully saturated rings. The molecular formula is C60H45Br4N3+2. The van der Waals surface area contributed by atoms with Crippen molar-refractivity contribution in [1.29, 1.82) is 0 Å². The minimum Gasteiger partial charge on any atom is -0.369 e. The molecule has 0 atom stereocenters. The van der Waals surface area contributed by atoms with E-state index in [9.17, 15) is 0 Å². The highest BCUT2D eigenvalue weighted by Crippen LogP contribution is 2.36. The van der Waals surface area contributed by atoms with Gasteiger partial charge in [-0.05, 0) is 129 Å². The average molecular weight is 1130 g/mol. The molecule has 0 radical (unpaired) electrons. The minimum absolute atomic E-state index is 0.697. The summed E-state index contributed by atoms with van der Waals surface area (Å²) in [6.07, 6.45) is 21.0. The number of anilines is 4. The van der Waals surface area contributed by atoms with Gasteiger partial charge in [-0.2, -0.15) is 0 Å². The first-order valence-electron chi connectivity index (χ1n) is 21.4. The van der Waals surface area contributed by atoms with E-state index in [1.54, 1.807) is 12.2 Å². The number of rotatable bonds is 5. The number of hydrogen-bond acceptors (Lipinski definition) is 3. The van der Waals surface area contributed by atoms with E-state index in [-0.39, 0.29) is 0 Å². The molecule has 2 aliphatic rings. The highest BCUT2D eigenvalue weighted by Gasteiger charge is 2.12. The van der Waals surface area contributed by atoms with Crippen molar-refractivity contribution >= 4 is 119 Å². The summed E-state index contributed by atoms with van der Waals surface area (Å²) < 4.78 is 4.44. The molecule has 3 N–H and O–H groups in total. The average Bonchev–Trinajstić information content (AvgIpc) is 3.37. The van der Waals surface area contributed by atoms with Crippen molar-refractivity contribution in [2.75, 3.05) is 10.2 Å². The number of benzene rings is 9. The fraction of sp³-hybridized carbons (Fsp3) is 0. The van der Waals surface area contributed by atoms with Crippen LogP contribution in [0, 0.1) is 12.2 Å². The molecular weight excluding hydrogens is 1080 g/mol. The SMILES string of the molecule is Brc1ccc(Br)cc1.Brc1ccc(N(c2ccccc2)c2ccc3ccccc3c2)cc1.Brc1ccc2ccccc2c1.NC1=CC=CC=[C+]1.[C+]1=CC=C(Nc2ccc3ccccc3c2)C=C1. The number of para-hydroxylation sites is 1. The van der Waals surface area contributed by atoms with Crippen LogP contribution >= 0.6 is 63.7 Å². The third kappa shape index (κ3) is 15.2. The Hall–Kier alpha value is -6.66. The van der Waals surface area contributed by atoms with Gasteiger partial charge in [-0.25, -0.2) is 0 Å². The van der Waals surface area contributed by atoms with Gasteiger partial charge in [0.25, 0.3) is 0 Å². The Bertz CT molecular complexity index is 3190. The van der Waals surface area contributed by atoms with E-state index in [1.165, 1.54) is 32.3 Å². The van der Waals surface area contributed by atoms with Crippen molar-refractivity contribution in [3.8, 4) is 0 Å². The smallest absolute Gasteiger partial charge is 0.200 e. The van der Waals surface area contributed by atoms with Gasteiger partial charge in [0.15, 0.2) is 11.4 Å². The van der Waals surface area contributed by atoms with Gasteiger partial charge >= 0.3 is 0 Å². The zero-order chi connectivity index (χ0) is 46.6. The normalized spacial score (nSPS) is 11.6. The van der Waals surface area contributed by atoms with Crippen LogP contribution in [0.15, 0.2) is 284 Å². The maximum absolute atomic E-state index is 5.30. The lowest BCUT2D eigenvalue weighted by atomic mass is 10.1. The fourth-order valence-corrected chi connectivity index (χ4v) is 8.00. The quantitative estimate of drug-likeness (QED) is 0.169. The Morgan fingerprint density at radius 2 is 0.881 bits per heavy atom. The van der Waals surface area contributed by atoms with E-state index >= 15 is 0 Å². The molecule has 9 aromatic rings. The van der Waals surface area contributed by atoms with Gasteiger partial charge in [-0.1, -0.05) is 173 Å². The van der Waals surface area contributed by atoms with Crippen molar-refractivity contribution in [2.45, 2.75) is 0 Å². The van der Waals surface area contributed by atoms with Crippen molar-refractivity contribution in [3.63, 3.8) is 0 Å². The second-order valence-electron chi connectivity index (χ2n) is 14.9. The monoisotopic (exact) mass is 1120 g/mol. The first-order valence-corrected chi connectivity index (χ1v) is 24.5. The molecule has 0 aromatic heterocycles. The summed E-state index contributed by atoms with van der Waals surface area (Å²) in [5, 5.41) is 11.0. The summed E-state index contributed by atoms with van der Waals surface area (Å²) in [7, 11) is 0. The predicted octanol–water partition coefficient (Wildman–Crippen LogP) is 18.7. The third-order valence-electron chi connectivity index (χ3n) is 10.1. The molecule has 0 aliphatic heterocycles. The van der Waals surface area contributed by atoms with E-state index in [4.69, 9.17) is 5.73 Å². The highest BCUT2D eigenvalue weighted by atomic mass is 79.9. The maximum atomic E-state index is 5.30. The second-order valence-corrected chi connectivity index (χ2v) is 18.6. The predicted molar refractivity (Wildman–Crippen MR) is 302 cm³/mol. The van der Waals surface area contributed by atoms with E-state index in [0.29, 0.717) is 5.70 Å². The van der Waals surface area contributed by atoms with Crippen LogP contribution in [0.5, 0.6) is 0 Å². The topological polar surface area (TPSA) is 41.3 Å². The Labute approximate surface area is 427 Å². The van der Waals surface area contributed by atoms with Crippen LogP contribution in [0.1, 0.15) is 0 Å². The van der Waals surface area contributed by atoms with E-state index in [0.717, 1.165) is 46.3 Å². The first-order chi connectivity index (χ1) is 32.8. The number of hydrogen-bond donors (Lipinski definition) is 2. The van der Waals surface area contributed by atoms with Gasteiger partial charge in [0.1, 0.15) is 18.2 Å². The van der Waals surface area contributed by atoms with Gasteiger partial charge in [0.2, 0.25) is 0 Å². The number of fused-ring (bicyclic) bond motifs is 3. The van der Waals surface area contributed by atoms with Crippen LogP contribution in [0.4, 0.5) is 22.7 Å². The van der Waals surface area contributed by atoms with Crippen LogP contribution in [0.2, 0.25) is 0 Å². The number of halogens is 4. The van der Waals surface area contributed by atoms with Gasteiger partial charge < -0.3 is 16.0 Å². The lowest BCUT2D eigenvalue weighted by molar-refractivity contribution is 1.29. The van der Waals surface area contributed by atoms with Crippen LogP contribution in [-0.4, -0.2) is 0 Å². The third-order valence-corrected chi connectivity index (χ3v) is 12.2. The number of allylic oxidation sites excluding steroid dienone is 10. The van der Waals surface area contributed by atoms with E-state index in [2.05, 4.69) is 262 Å². The molecule has 0 unspecified atom stereocenters. The second kappa shape index (κ2) is 25.3. The van der Waals surface area contributed by atoms with Crippen molar-refractivity contribution < 1.29 is 0 Å². The molecule has 7 heteroatoms. The van der Waals surface area contributed by atoms with Gasteiger partial charge in [-0.15, -0.1) is 0 Å². The summed E-state index contributed by atoms with van der Waals surface area (Å²) in [6, 6.07) is 71.3. The summed E-state index contributed by atoms with van der Waals surface area (Å²) in [6.45, 7) is 0. The largest absolute Gasteiger partial charge is 0.369 e. The zero-order valence-electron chi connectivity index (χ0n) is 36.3. The summed E-state index contributed by atoms with van der Waals surface area (Å²) in [5.74, 6) is 0. The Morgan fingerprint density at radius 1 is 0.403 bits per heavy atom. The van der Waals surface area contributed by atoms with Crippen LogP contribution < -0.4 is 16.0 Å². The number of nitrogens with two attached hydrogens (primary N) is 1. The molecule has 9 aromatic carbocycles. The Kier molecular flexibility index (Phi) is 18.2. The van der Waals surface area contributed by atoms with Gasteiger partial charge in [0.05, 0.1) is 30.4 Å². The molecule has 2 aliphatic carbocycles. The van der Waals surface area contributed by atoms with Crippen molar-refractivity contribution in [1.82, 2.24) is 0 Å². The highest BCUT2D eigenvalue weighted by molar-refractivity contribution is 9.11. The molecule has 326 valence electrons. The minimum atomic E-state index is 0.697. The molecule has 0 saturated heterocycles. The molecule has 0 amide bonds. The zero-order valence-corrected chi connectivity index (χ0v) is 42.6. The Morgan fingerprint density at radius 3 is 1.42 bits per heavy atom. The molecule has 3 nitrogen and oxygen atoms in total. The maximum Gasteiger partial charge on any atom is 0.200 e. The van der Waals surface area contributed by atoms with Gasteiger partial charge in [0, 0.05) is 52.8 Å². The first kappa shape index (κ1) is 48.3. The van der Waals surface area contributed by atoms with Crippen LogP contribution in [0.3, 0.4) is 0 Å². The molecule has 0 saturated carbocycles. The lowest BCUT2D eigenvalue weighted by Gasteiger charge is -2.25. The fourth-order valence-electron chi connectivity index (χ4n) is 6.83. The van der Waals surface area contributed by atoms with Crippen LogP contribution in [0.25, 0.3) is 32.3 Å². The molecule has 0 heterocycles. The summed E-state index contributed by atoms with van der Waals surface area (Å²) in [5.41, 5.74) is 11.6. The molecule has 67 heavy (non-hydrogen) atoms. The van der Waals surface area contributed by atoms with Crippen molar-refractivity contribution in [3.05, 3.63) is 296 Å². The lowest BCUT2D eigenvalue weighted by Crippen LogP contribution is -2.09. The number of nitrogens with one attached hydrogen (secondary N) is 1. The summed E-state index contributed by atoms with van der Waals surface area (Å²) >= 11 is 13.6. The summed E-state index contributed by atoms with van der Waals surface area (Å²) in [4.78, 5) is 2.28. The molecule has 11 rings (SSSR count). The Balaban J connectivity index is 0.000000135. The van der Waals surface area contributed by atoms with Crippen molar-refractivity contribution in [2.24, 2.45) is 5.73 Å². The standard InChI is InChI=1S/C22H16BrN.C16H12N.C10H7Br.C6H4Br2.C6H6N/c23-19-11-14-21(15-12-19)24(20-8-2-1-3-9-20)22-13-10-17-6-4-5-7-18(17)16-22;1-2-8-15(9-3-1)17-16-11-10-13-6-4-5-7-14(13)12-16;11-10-6-5-8-3-1-2-4-9(8)7-10;7-5-1-2-6(8)4-3-5;7-6-4-2-1-3-5-6/h1-16H;2-12,17H;1-7H;1-4H;1-4H,7H2/q;+1;;;+1. The number of nitrogens with zero attached hydrogens (tertiary/aromatic N) is 1. The molecule has 0 bridgehead atoms. The van der Waals surface area contributed by atoms with Crippen LogP contribution in [-0.2, 0) is 0 Å². The van der Waals surface area contributed by atoms with E-state index < -0.39 is 0 Å². The van der Waals surface area contributed by atoms with E-state index in [1.807, 2.05) is 66.8 Å². The van der Waals surface area contributed by atoms with Gasteiger partial charge in [-0.3, -0.25) is 0 Å².